The van der Waals surface area contributed by atoms with E-state index in [4.69, 9.17) is 4.74 Å². The van der Waals surface area contributed by atoms with E-state index in [1.54, 1.807) is 11.0 Å². The third-order valence-corrected chi connectivity index (χ3v) is 4.14. The van der Waals surface area contributed by atoms with Crippen molar-refractivity contribution in [2.45, 2.75) is 25.8 Å². The maximum atomic E-state index is 12.4. The lowest BCUT2D eigenvalue weighted by Gasteiger charge is -2.32. The lowest BCUT2D eigenvalue weighted by Crippen LogP contribution is -2.46. The first-order valence-electron chi connectivity index (χ1n) is 7.93. The molecule has 2 aliphatic heterocycles. The number of aliphatic imine (C=N–C) groups is 2. The standard InChI is InChI=1S/C16H19N5O3/c1-11-8-13(20-10-19-11)24-9-12-2-6-21(7-3-12)16(23)14-15(22)18-5-4-17-14/h4-5,8,10,12,14H,2-3,6-7,9H2,1H3. The Morgan fingerprint density at radius 3 is 2.79 bits per heavy atom. The zero-order valence-corrected chi connectivity index (χ0v) is 13.5. The lowest BCUT2D eigenvalue weighted by atomic mass is 9.97. The van der Waals surface area contributed by atoms with E-state index in [9.17, 15) is 9.59 Å². The highest BCUT2D eigenvalue weighted by Gasteiger charge is 2.33. The minimum Gasteiger partial charge on any atom is -0.477 e. The van der Waals surface area contributed by atoms with Gasteiger partial charge in [-0.15, -0.1) is 0 Å². The van der Waals surface area contributed by atoms with Crippen molar-refractivity contribution in [2.24, 2.45) is 15.9 Å². The van der Waals surface area contributed by atoms with E-state index in [1.807, 2.05) is 6.92 Å². The largest absolute Gasteiger partial charge is 0.477 e. The Labute approximate surface area is 139 Å². The molecule has 0 spiro atoms. The van der Waals surface area contributed by atoms with Crippen molar-refractivity contribution < 1.29 is 14.3 Å². The molecule has 1 aromatic rings. The molecule has 126 valence electrons. The van der Waals surface area contributed by atoms with Crippen LogP contribution in [0.25, 0.3) is 0 Å². The predicted octanol–water partition coefficient (Wildman–Crippen LogP) is 0.453. The van der Waals surface area contributed by atoms with Crippen molar-refractivity contribution in [2.75, 3.05) is 19.7 Å². The first kappa shape index (κ1) is 16.2. The molecule has 0 radical (unpaired) electrons. The van der Waals surface area contributed by atoms with Crippen LogP contribution in [0.15, 0.2) is 22.4 Å². The molecule has 3 heterocycles. The molecule has 1 atom stereocenters. The molecule has 0 aliphatic carbocycles. The number of piperidine rings is 1. The molecular formula is C16H19N5O3. The molecule has 1 saturated heterocycles. The SMILES string of the molecule is Cc1cc(OCC2CCN(C(=O)C3N=CC=NC3=O)CC2)ncn1. The molecule has 2 aliphatic rings. The molecule has 8 nitrogen and oxygen atoms in total. The van der Waals surface area contributed by atoms with Gasteiger partial charge in [0.15, 0.2) is 0 Å². The van der Waals surface area contributed by atoms with Crippen LogP contribution in [0.3, 0.4) is 0 Å². The van der Waals surface area contributed by atoms with E-state index in [0.29, 0.717) is 31.5 Å². The average molecular weight is 329 g/mol. The Kier molecular flexibility index (Phi) is 4.93. The fourth-order valence-corrected chi connectivity index (χ4v) is 2.74. The van der Waals surface area contributed by atoms with Crippen molar-refractivity contribution in [1.29, 1.82) is 0 Å². The summed E-state index contributed by atoms with van der Waals surface area (Å²) in [5.74, 6) is 0.167. The molecule has 0 aromatic carbocycles. The lowest BCUT2D eigenvalue weighted by molar-refractivity contribution is -0.138. The van der Waals surface area contributed by atoms with E-state index in [0.717, 1.165) is 18.5 Å². The Balaban J connectivity index is 1.47. The molecule has 0 saturated carbocycles. The number of carbonyl (C=O) groups excluding carboxylic acids is 2. The van der Waals surface area contributed by atoms with Gasteiger partial charge in [-0.2, -0.15) is 0 Å². The van der Waals surface area contributed by atoms with Crippen molar-refractivity contribution >= 4 is 24.2 Å². The first-order chi connectivity index (χ1) is 11.6. The second-order valence-electron chi connectivity index (χ2n) is 5.89. The van der Waals surface area contributed by atoms with E-state index < -0.39 is 11.9 Å². The van der Waals surface area contributed by atoms with Crippen LogP contribution in [0.4, 0.5) is 0 Å². The number of aromatic nitrogens is 2. The summed E-state index contributed by atoms with van der Waals surface area (Å²) < 4.78 is 5.70. The minimum atomic E-state index is -1.01. The average Bonchev–Trinajstić information content (AvgIpc) is 2.60. The first-order valence-corrected chi connectivity index (χ1v) is 7.93. The van der Waals surface area contributed by atoms with Gasteiger partial charge in [0.25, 0.3) is 11.8 Å². The molecule has 1 unspecified atom stereocenters. The van der Waals surface area contributed by atoms with Crippen LogP contribution in [0.2, 0.25) is 0 Å². The second-order valence-corrected chi connectivity index (χ2v) is 5.89. The fourth-order valence-electron chi connectivity index (χ4n) is 2.74. The van der Waals surface area contributed by atoms with E-state index in [1.165, 1.54) is 18.8 Å². The van der Waals surface area contributed by atoms with Gasteiger partial charge < -0.3 is 9.64 Å². The zero-order chi connectivity index (χ0) is 16.9. The molecule has 2 amide bonds. The van der Waals surface area contributed by atoms with Gasteiger partial charge >= 0.3 is 0 Å². The third-order valence-electron chi connectivity index (χ3n) is 4.14. The van der Waals surface area contributed by atoms with Gasteiger partial charge in [0.1, 0.15) is 6.33 Å². The van der Waals surface area contributed by atoms with Gasteiger partial charge in [0.05, 0.1) is 6.61 Å². The Hall–Kier alpha value is -2.64. The fraction of sp³-hybridized carbons (Fsp3) is 0.500. The monoisotopic (exact) mass is 329 g/mol. The van der Waals surface area contributed by atoms with Gasteiger partial charge in [-0.3, -0.25) is 14.6 Å². The summed E-state index contributed by atoms with van der Waals surface area (Å²) >= 11 is 0. The van der Waals surface area contributed by atoms with Gasteiger partial charge in [-0.05, 0) is 25.7 Å². The number of ether oxygens (including phenoxy) is 1. The number of hydrogen-bond acceptors (Lipinski definition) is 6. The number of amides is 2. The third kappa shape index (κ3) is 3.81. The number of nitrogens with zero attached hydrogens (tertiary/aromatic N) is 5. The normalized spacial score (nSPS) is 21.1. The molecule has 0 bridgehead atoms. The van der Waals surface area contributed by atoms with E-state index in [2.05, 4.69) is 20.0 Å². The number of carbonyl (C=O) groups is 2. The van der Waals surface area contributed by atoms with Crippen molar-refractivity contribution in [1.82, 2.24) is 14.9 Å². The van der Waals surface area contributed by atoms with Crippen LogP contribution in [0.5, 0.6) is 5.88 Å². The highest BCUT2D eigenvalue weighted by molar-refractivity contribution is 6.24. The molecule has 8 heteroatoms. The quantitative estimate of drug-likeness (QED) is 0.747. The molecule has 0 N–H and O–H groups in total. The minimum absolute atomic E-state index is 0.265. The summed E-state index contributed by atoms with van der Waals surface area (Å²) in [4.78, 5) is 41.3. The summed E-state index contributed by atoms with van der Waals surface area (Å²) in [7, 11) is 0. The van der Waals surface area contributed by atoms with E-state index >= 15 is 0 Å². The van der Waals surface area contributed by atoms with Crippen LogP contribution >= 0.6 is 0 Å². The summed E-state index contributed by atoms with van der Waals surface area (Å²) in [6.07, 6.45) is 5.84. The van der Waals surface area contributed by atoms with Gasteiger partial charge in [0, 0.05) is 37.3 Å². The summed E-state index contributed by atoms with van der Waals surface area (Å²) in [5, 5.41) is 0. The topological polar surface area (TPSA) is 97.1 Å². The highest BCUT2D eigenvalue weighted by Crippen LogP contribution is 2.20. The smallest absolute Gasteiger partial charge is 0.280 e. The van der Waals surface area contributed by atoms with Crippen LogP contribution in [-0.4, -0.2) is 64.8 Å². The van der Waals surface area contributed by atoms with Crippen molar-refractivity contribution in [3.05, 3.63) is 18.1 Å². The molecule has 1 fully saturated rings. The van der Waals surface area contributed by atoms with Gasteiger partial charge in [-0.1, -0.05) is 0 Å². The Morgan fingerprint density at radius 2 is 2.08 bits per heavy atom. The van der Waals surface area contributed by atoms with Crippen molar-refractivity contribution in [3.63, 3.8) is 0 Å². The van der Waals surface area contributed by atoms with Crippen LogP contribution in [-0.2, 0) is 9.59 Å². The highest BCUT2D eigenvalue weighted by atomic mass is 16.5. The molecular weight excluding hydrogens is 310 g/mol. The summed E-state index contributed by atoms with van der Waals surface area (Å²) in [6, 6.07) is 0.790. The zero-order valence-electron chi connectivity index (χ0n) is 13.5. The number of likely N-dealkylation sites (tertiary alicyclic amines) is 1. The Bertz CT molecular complexity index is 680. The number of hydrogen-bond donors (Lipinski definition) is 0. The molecule has 24 heavy (non-hydrogen) atoms. The maximum absolute atomic E-state index is 12.4. The van der Waals surface area contributed by atoms with Crippen molar-refractivity contribution in [3.8, 4) is 5.88 Å². The van der Waals surface area contributed by atoms with Gasteiger partial charge in [-0.25, -0.2) is 15.0 Å². The Morgan fingerprint density at radius 1 is 1.29 bits per heavy atom. The predicted molar refractivity (Wildman–Crippen MR) is 87.3 cm³/mol. The van der Waals surface area contributed by atoms with Crippen LogP contribution in [0.1, 0.15) is 18.5 Å². The van der Waals surface area contributed by atoms with E-state index in [-0.39, 0.29) is 5.91 Å². The number of aryl methyl sites for hydroxylation is 1. The summed E-state index contributed by atoms with van der Waals surface area (Å²) in [5.41, 5.74) is 0.862. The molecule has 1 aromatic heterocycles. The summed E-state index contributed by atoms with van der Waals surface area (Å²) in [6.45, 7) is 3.64. The number of rotatable bonds is 4. The maximum Gasteiger partial charge on any atom is 0.280 e. The second kappa shape index (κ2) is 7.29. The van der Waals surface area contributed by atoms with Crippen LogP contribution in [0, 0.1) is 12.8 Å². The van der Waals surface area contributed by atoms with Gasteiger partial charge in [0.2, 0.25) is 11.9 Å². The molecule has 3 rings (SSSR count). The van der Waals surface area contributed by atoms with Crippen LogP contribution < -0.4 is 4.74 Å².